The van der Waals surface area contributed by atoms with Crippen LogP contribution in [0.2, 0.25) is 0 Å². The Morgan fingerprint density at radius 1 is 1.26 bits per heavy atom. The van der Waals surface area contributed by atoms with Crippen molar-refractivity contribution in [1.29, 1.82) is 0 Å². The van der Waals surface area contributed by atoms with E-state index in [4.69, 9.17) is 9.63 Å². The van der Waals surface area contributed by atoms with E-state index in [0.29, 0.717) is 11.0 Å². The van der Waals surface area contributed by atoms with Crippen LogP contribution in [-0.2, 0) is 31.6 Å². The number of alkyl halides is 1. The van der Waals surface area contributed by atoms with Gasteiger partial charge in [-0.3, -0.25) is 9.09 Å². The Morgan fingerprint density at radius 2 is 1.91 bits per heavy atom. The van der Waals surface area contributed by atoms with Crippen molar-refractivity contribution in [2.24, 2.45) is 9.89 Å². The van der Waals surface area contributed by atoms with Gasteiger partial charge in [-0.2, -0.15) is 13.6 Å². The average molecular weight is 553 g/mol. The van der Waals surface area contributed by atoms with Gasteiger partial charge in [0, 0.05) is 36.7 Å². The summed E-state index contributed by atoms with van der Waals surface area (Å²) in [5.41, 5.74) is -2.60. The van der Waals surface area contributed by atoms with Crippen molar-refractivity contribution in [3.63, 3.8) is 0 Å². The Balaban J connectivity index is 3.08. The van der Waals surface area contributed by atoms with Gasteiger partial charge in [-0.15, -0.1) is 9.81 Å². The molecule has 0 fully saturated rings. The van der Waals surface area contributed by atoms with E-state index in [-0.39, 0.29) is 12.2 Å². The van der Waals surface area contributed by atoms with Gasteiger partial charge in [0.2, 0.25) is 0 Å². The smallest absolute Gasteiger partial charge is 0.376 e. The number of anilines is 1. The normalized spacial score (nSPS) is 19.6. The Labute approximate surface area is 191 Å². The number of hydrogen-bond acceptors (Lipinski definition) is 12. The summed E-state index contributed by atoms with van der Waals surface area (Å²) in [7, 11) is -14.2. The summed E-state index contributed by atoms with van der Waals surface area (Å²) in [6.45, 7) is 0.749. The third-order valence-electron chi connectivity index (χ3n) is 4.18. The molecule has 3 unspecified atom stereocenters. The fourth-order valence-electron chi connectivity index (χ4n) is 2.65. The fraction of sp³-hybridized carbons (Fsp3) is 0.692. The molecule has 194 valence electrons. The Kier molecular flexibility index (Phi) is 10.9. The van der Waals surface area contributed by atoms with E-state index >= 15 is 0 Å². The van der Waals surface area contributed by atoms with Gasteiger partial charge in [-0.25, -0.2) is 22.9 Å². The minimum Gasteiger partial charge on any atom is -0.376 e. The lowest BCUT2D eigenvalue weighted by atomic mass is 9.94. The number of aromatic nitrogens is 2. The maximum absolute atomic E-state index is 15.0. The molecule has 17 nitrogen and oxygen atoms in total. The van der Waals surface area contributed by atoms with E-state index in [2.05, 4.69) is 23.4 Å². The number of nitrogens with one attached hydrogen (secondary N) is 1. The second-order valence-electron chi connectivity index (χ2n) is 6.56. The molecule has 0 aliphatic heterocycles. The van der Waals surface area contributed by atoms with Crippen molar-refractivity contribution in [3.05, 3.63) is 32.6 Å². The van der Waals surface area contributed by atoms with E-state index in [1.807, 2.05) is 0 Å². The molecule has 5 atom stereocenters. The minimum atomic E-state index is -5.71. The number of methoxy groups -OCH3 is 1. The lowest BCUT2D eigenvalue weighted by Crippen LogP contribution is -2.40. The largest absolute Gasteiger partial charge is 0.507 e. The van der Waals surface area contributed by atoms with Gasteiger partial charge in [0.25, 0.3) is 0 Å². The van der Waals surface area contributed by atoms with Crippen LogP contribution >= 0.6 is 23.3 Å². The van der Waals surface area contributed by atoms with E-state index in [9.17, 15) is 37.6 Å². The molecule has 0 aliphatic carbocycles. The quantitative estimate of drug-likeness (QED) is 0.197. The fourth-order valence-corrected chi connectivity index (χ4v) is 6.10. The molecule has 1 aromatic rings. The van der Waals surface area contributed by atoms with Crippen molar-refractivity contribution in [3.8, 4) is 0 Å². The number of nitroso groups, excluding NO2 is 2. The van der Waals surface area contributed by atoms with Gasteiger partial charge in [0.05, 0.1) is 12.2 Å². The molecule has 0 aliphatic rings. The van der Waals surface area contributed by atoms with Crippen LogP contribution in [0.1, 0.15) is 32.5 Å². The van der Waals surface area contributed by atoms with Crippen LogP contribution in [0.15, 0.2) is 27.0 Å². The molecule has 0 saturated heterocycles. The predicted molar refractivity (Wildman–Crippen MR) is 114 cm³/mol. The highest BCUT2D eigenvalue weighted by molar-refractivity contribution is 7.70. The maximum atomic E-state index is 15.0. The zero-order valence-corrected chi connectivity index (χ0v) is 20.7. The summed E-state index contributed by atoms with van der Waals surface area (Å²) >= 11 is 0. The Hall–Kier alpha value is -1.74. The van der Waals surface area contributed by atoms with Crippen LogP contribution in [0.5, 0.6) is 0 Å². The second kappa shape index (κ2) is 12.3. The molecule has 0 radical (unpaired) electrons. The van der Waals surface area contributed by atoms with Crippen LogP contribution in [-0.4, -0.2) is 45.7 Å². The van der Waals surface area contributed by atoms with Gasteiger partial charge in [-0.05, 0) is 12.5 Å². The Bertz CT molecular complexity index is 1070. The number of phosphoric ester groups is 1. The first-order valence-electron chi connectivity index (χ1n) is 9.18. The highest BCUT2D eigenvalue weighted by Gasteiger charge is 2.46. The monoisotopic (exact) mass is 553 g/mol. The highest BCUT2D eigenvalue weighted by Crippen LogP contribution is 2.70. The van der Waals surface area contributed by atoms with Gasteiger partial charge in [0.15, 0.2) is 6.30 Å². The maximum Gasteiger partial charge on any atom is 0.507 e. The predicted octanol–water partition coefficient (Wildman–Crippen LogP) is 3.22. The molecule has 34 heavy (non-hydrogen) atoms. The van der Waals surface area contributed by atoms with E-state index < -0.39 is 53.9 Å². The molecule has 0 spiro atoms. The van der Waals surface area contributed by atoms with Gasteiger partial charge < -0.3 is 19.8 Å². The van der Waals surface area contributed by atoms with Crippen LogP contribution in [0.3, 0.4) is 0 Å². The lowest BCUT2D eigenvalue weighted by Gasteiger charge is -2.33. The van der Waals surface area contributed by atoms with Crippen LogP contribution in [0, 0.1) is 9.81 Å². The standard InChI is InChI=1S/C13H23FN5O12P3/c1-4-6-13(28-3,8-10(14)19-7-5-11(15-2)16-12(19)20)9-29-34(26,27)31-33(25,18-22)30-32(23,24)17-21/h5,7,10H,4,6,8-9H2,1-3H3,(H,23,24)(H,26,27)(H,15,16,20)/t10-,13-,33?/m0/s1. The summed E-state index contributed by atoms with van der Waals surface area (Å²) in [6, 6.07) is 1.33. The summed E-state index contributed by atoms with van der Waals surface area (Å²) in [4.78, 5) is 58.5. The van der Waals surface area contributed by atoms with Crippen molar-refractivity contribution in [1.82, 2.24) is 9.55 Å². The average Bonchev–Trinajstić information content (AvgIpc) is 2.76. The third kappa shape index (κ3) is 8.80. The zero-order valence-electron chi connectivity index (χ0n) is 18.0. The molecular formula is C13H23FN5O12P3. The lowest BCUT2D eigenvalue weighted by molar-refractivity contribution is -0.0827. The second-order valence-corrected chi connectivity index (χ2v) is 11.3. The first kappa shape index (κ1) is 30.3. The summed E-state index contributed by atoms with van der Waals surface area (Å²) in [6.07, 6.45) is -1.16. The molecular weight excluding hydrogens is 530 g/mol. The summed E-state index contributed by atoms with van der Waals surface area (Å²) in [5.74, 6) is 0.189. The number of hydrogen-bond donors (Lipinski definition) is 3. The molecule has 1 aromatic heterocycles. The molecule has 0 bridgehead atoms. The van der Waals surface area contributed by atoms with Gasteiger partial charge in [0.1, 0.15) is 5.82 Å². The van der Waals surface area contributed by atoms with Crippen LogP contribution < -0.4 is 11.0 Å². The van der Waals surface area contributed by atoms with Crippen LogP contribution in [0.4, 0.5) is 10.2 Å². The van der Waals surface area contributed by atoms with Crippen molar-refractivity contribution >= 4 is 29.1 Å². The molecule has 0 aromatic carbocycles. The molecule has 1 rings (SSSR count). The molecule has 0 saturated carbocycles. The van der Waals surface area contributed by atoms with E-state index in [1.165, 1.54) is 13.1 Å². The van der Waals surface area contributed by atoms with Crippen molar-refractivity contribution in [2.45, 2.75) is 38.1 Å². The zero-order chi connectivity index (χ0) is 26.2. The summed E-state index contributed by atoms with van der Waals surface area (Å²) < 4.78 is 68.4. The molecule has 3 N–H and O–H groups in total. The number of ether oxygens (including phenoxy) is 1. The third-order valence-corrected chi connectivity index (χ3v) is 8.37. The Morgan fingerprint density at radius 3 is 2.38 bits per heavy atom. The highest BCUT2D eigenvalue weighted by atomic mass is 31.3. The van der Waals surface area contributed by atoms with E-state index in [1.54, 1.807) is 16.8 Å². The summed E-state index contributed by atoms with van der Waals surface area (Å²) in [5, 5.41) is 2.61. The van der Waals surface area contributed by atoms with Crippen molar-refractivity contribution in [2.75, 3.05) is 26.1 Å². The van der Waals surface area contributed by atoms with E-state index in [0.717, 1.165) is 13.3 Å². The molecule has 0 amide bonds. The topological polar surface area (TPSA) is 234 Å². The number of halogens is 1. The number of nitrogens with zero attached hydrogens (tertiary/aromatic N) is 4. The van der Waals surface area contributed by atoms with Gasteiger partial charge in [-0.1, -0.05) is 13.3 Å². The first-order chi connectivity index (χ1) is 15.7. The molecule has 1 heterocycles. The number of rotatable bonds is 16. The SMILES string of the molecule is CCC[C@@](COP(=O)(O)OP(=O)(N=O)OP(=O)(O)N=O)(C[C@@H](F)n1ccc(NC)nc1=O)OC. The van der Waals surface area contributed by atoms with Crippen molar-refractivity contribution < 1.29 is 45.8 Å². The van der Waals surface area contributed by atoms with Gasteiger partial charge >= 0.3 is 29.0 Å². The minimum absolute atomic E-state index is 0.0156. The first-order valence-corrected chi connectivity index (χ1v) is 13.7. The molecule has 21 heteroatoms. The number of phosphoric acid groups is 1. The van der Waals surface area contributed by atoms with Crippen LogP contribution in [0.25, 0.3) is 0 Å².